The number of aryl methyl sites for hydroxylation is 4. The molecule has 0 saturated heterocycles. The summed E-state index contributed by atoms with van der Waals surface area (Å²) in [5.41, 5.74) is 15.0. The maximum absolute atomic E-state index is 14.0. The molecule has 0 spiro atoms. The van der Waals surface area contributed by atoms with Crippen molar-refractivity contribution >= 4 is 28.2 Å². The van der Waals surface area contributed by atoms with Crippen LogP contribution in [-0.4, -0.2) is 16.6 Å². The summed E-state index contributed by atoms with van der Waals surface area (Å²) in [5.74, 6) is 1.72. The van der Waals surface area contributed by atoms with E-state index in [4.69, 9.17) is 5.73 Å². The maximum atomic E-state index is 14.0. The summed E-state index contributed by atoms with van der Waals surface area (Å²) in [6.07, 6.45) is 18.6. The van der Waals surface area contributed by atoms with Gasteiger partial charge in [-0.15, -0.1) is 0 Å². The Morgan fingerprint density at radius 2 is 1.45 bits per heavy atom. The number of carbonyl (C=O) groups is 2. The third-order valence-electron chi connectivity index (χ3n) is 11.3. The Balaban J connectivity index is 1.15. The molecule has 0 saturated carbocycles. The molecule has 4 aromatic rings. The van der Waals surface area contributed by atoms with Gasteiger partial charge >= 0.3 is 0 Å². The molecule has 5 rings (SSSR count). The molecule has 1 heterocycles. The van der Waals surface area contributed by atoms with Crippen LogP contribution in [0.1, 0.15) is 147 Å². The van der Waals surface area contributed by atoms with E-state index >= 15 is 0 Å². The molecule has 1 aliphatic rings. The standard InChI is InChI=1S/C45H60N2O2/c1-4-6-12-36(13-10-8-9-11-33-19-26-39(46)27-20-33)32(3)45(49)38-25-30-43-41(31-38)40-28-21-35(22-29-42(40)47-43)16-15-34-17-23-37(24-18-34)44(48)14-7-5-2/h17-20,23-27,30-32,35-36,47H,4-16,21-22,28-29,46H2,1-3H3. The van der Waals surface area contributed by atoms with Gasteiger partial charge in [-0.25, -0.2) is 0 Å². The smallest absolute Gasteiger partial charge is 0.165 e. The predicted molar refractivity (Wildman–Crippen MR) is 207 cm³/mol. The van der Waals surface area contributed by atoms with Gasteiger partial charge in [-0.2, -0.15) is 0 Å². The number of H-pyrrole nitrogens is 1. The number of unbranched alkanes of at least 4 members (excludes halogenated alkanes) is 4. The van der Waals surface area contributed by atoms with Gasteiger partial charge in [-0.05, 0) is 129 Å². The second-order valence-corrected chi connectivity index (χ2v) is 14.9. The second-order valence-electron chi connectivity index (χ2n) is 14.9. The fourth-order valence-corrected chi connectivity index (χ4v) is 7.98. The zero-order chi connectivity index (χ0) is 34.6. The molecule has 0 aliphatic heterocycles. The highest BCUT2D eigenvalue weighted by Crippen LogP contribution is 2.34. The van der Waals surface area contributed by atoms with E-state index in [1.807, 2.05) is 24.3 Å². The Hall–Kier alpha value is -3.66. The summed E-state index contributed by atoms with van der Waals surface area (Å²) in [6, 6.07) is 23.0. The highest BCUT2D eigenvalue weighted by Gasteiger charge is 2.26. The zero-order valence-corrected chi connectivity index (χ0v) is 30.5. The van der Waals surface area contributed by atoms with Crippen molar-refractivity contribution in [3.8, 4) is 0 Å². The molecule has 3 N–H and O–H groups in total. The average Bonchev–Trinajstić information content (AvgIpc) is 3.35. The number of nitrogens with one attached hydrogen (secondary N) is 1. The third kappa shape index (κ3) is 10.2. The number of hydrogen-bond donors (Lipinski definition) is 2. The van der Waals surface area contributed by atoms with Crippen LogP contribution in [0, 0.1) is 17.8 Å². The SMILES string of the molecule is CCCCC(=O)c1ccc(CCC2CCc3[nH]c4ccc(C(=O)C(C)C(CCCC)CCCCCc5ccc(N)cc5)cc4c3CC2)cc1. The molecular formula is C45H60N2O2. The lowest BCUT2D eigenvalue weighted by molar-refractivity contribution is 0.0873. The van der Waals surface area contributed by atoms with Crippen molar-refractivity contribution in [3.63, 3.8) is 0 Å². The van der Waals surface area contributed by atoms with E-state index in [1.165, 1.54) is 84.7 Å². The monoisotopic (exact) mass is 660 g/mol. The minimum Gasteiger partial charge on any atom is -0.399 e. The summed E-state index contributed by atoms with van der Waals surface area (Å²) >= 11 is 0. The molecule has 3 atom stereocenters. The van der Waals surface area contributed by atoms with Gasteiger partial charge in [0.2, 0.25) is 0 Å². The van der Waals surface area contributed by atoms with Crippen LogP contribution in [-0.2, 0) is 25.7 Å². The van der Waals surface area contributed by atoms with Crippen LogP contribution < -0.4 is 5.73 Å². The Morgan fingerprint density at radius 3 is 2.20 bits per heavy atom. The van der Waals surface area contributed by atoms with Crippen LogP contribution in [0.15, 0.2) is 66.7 Å². The molecule has 0 amide bonds. The van der Waals surface area contributed by atoms with Gasteiger partial charge in [0.05, 0.1) is 0 Å². The van der Waals surface area contributed by atoms with Crippen LogP contribution in [0.3, 0.4) is 0 Å². The van der Waals surface area contributed by atoms with Gasteiger partial charge < -0.3 is 10.7 Å². The van der Waals surface area contributed by atoms with E-state index in [-0.39, 0.29) is 11.7 Å². The van der Waals surface area contributed by atoms with Crippen molar-refractivity contribution < 1.29 is 9.59 Å². The van der Waals surface area contributed by atoms with Crippen LogP contribution in [0.2, 0.25) is 0 Å². The number of carbonyl (C=O) groups excluding carboxylic acids is 2. The second kappa shape index (κ2) is 18.4. The molecule has 262 valence electrons. The maximum Gasteiger partial charge on any atom is 0.165 e. The molecule has 3 aromatic carbocycles. The average molecular weight is 661 g/mol. The number of nitrogens with two attached hydrogens (primary N) is 1. The van der Waals surface area contributed by atoms with E-state index in [0.717, 1.165) is 68.2 Å². The molecule has 1 aliphatic carbocycles. The largest absolute Gasteiger partial charge is 0.399 e. The van der Waals surface area contributed by atoms with Crippen LogP contribution in [0.5, 0.6) is 0 Å². The van der Waals surface area contributed by atoms with Gasteiger partial charge in [-0.1, -0.05) is 89.3 Å². The molecule has 4 nitrogen and oxygen atoms in total. The van der Waals surface area contributed by atoms with Crippen molar-refractivity contribution in [1.29, 1.82) is 0 Å². The highest BCUT2D eigenvalue weighted by atomic mass is 16.1. The van der Waals surface area contributed by atoms with Gasteiger partial charge in [0.1, 0.15) is 0 Å². The summed E-state index contributed by atoms with van der Waals surface area (Å²) in [6.45, 7) is 6.56. The van der Waals surface area contributed by atoms with Crippen molar-refractivity contribution in [2.24, 2.45) is 17.8 Å². The number of anilines is 1. The van der Waals surface area contributed by atoms with Crippen molar-refractivity contribution in [3.05, 3.63) is 100 Å². The number of Topliss-reactive ketones (excluding diaryl/α,β-unsaturated/α-hetero) is 2. The molecule has 3 unspecified atom stereocenters. The van der Waals surface area contributed by atoms with Gasteiger partial charge in [0.25, 0.3) is 0 Å². The van der Waals surface area contributed by atoms with Crippen LogP contribution in [0.25, 0.3) is 10.9 Å². The fourth-order valence-electron chi connectivity index (χ4n) is 7.98. The normalized spacial score (nSPS) is 15.9. The Bertz CT molecular complexity index is 1630. The first-order valence-corrected chi connectivity index (χ1v) is 19.5. The van der Waals surface area contributed by atoms with E-state index in [1.54, 1.807) is 0 Å². The van der Waals surface area contributed by atoms with E-state index in [2.05, 4.69) is 68.2 Å². The quantitative estimate of drug-likeness (QED) is 0.0455. The molecule has 4 heteroatoms. The van der Waals surface area contributed by atoms with E-state index in [9.17, 15) is 9.59 Å². The number of aromatic amines is 1. The van der Waals surface area contributed by atoms with Gasteiger partial charge in [0, 0.05) is 45.7 Å². The number of nitrogen functional groups attached to an aromatic ring is 1. The lowest BCUT2D eigenvalue weighted by Crippen LogP contribution is -2.21. The number of hydrogen-bond acceptors (Lipinski definition) is 3. The Morgan fingerprint density at radius 1 is 0.776 bits per heavy atom. The lowest BCUT2D eigenvalue weighted by atomic mass is 9.80. The predicted octanol–water partition coefficient (Wildman–Crippen LogP) is 11.7. The molecular weight excluding hydrogens is 601 g/mol. The number of ketones is 2. The first kappa shape index (κ1) is 36.6. The number of aromatic nitrogens is 1. The third-order valence-corrected chi connectivity index (χ3v) is 11.3. The van der Waals surface area contributed by atoms with Crippen molar-refractivity contribution in [2.45, 2.75) is 130 Å². The zero-order valence-electron chi connectivity index (χ0n) is 30.5. The van der Waals surface area contributed by atoms with Crippen molar-refractivity contribution in [1.82, 2.24) is 4.98 Å². The van der Waals surface area contributed by atoms with Crippen LogP contribution in [0.4, 0.5) is 5.69 Å². The van der Waals surface area contributed by atoms with Crippen molar-refractivity contribution in [2.75, 3.05) is 5.73 Å². The highest BCUT2D eigenvalue weighted by molar-refractivity contribution is 6.01. The minimum absolute atomic E-state index is 0.0338. The summed E-state index contributed by atoms with van der Waals surface area (Å²) < 4.78 is 0. The van der Waals surface area contributed by atoms with Crippen LogP contribution >= 0.6 is 0 Å². The number of rotatable bonds is 19. The number of benzene rings is 3. The summed E-state index contributed by atoms with van der Waals surface area (Å²) in [5, 5.41) is 1.25. The molecule has 0 bridgehead atoms. The molecule has 0 radical (unpaired) electrons. The Kier molecular flexibility index (Phi) is 13.7. The van der Waals surface area contributed by atoms with Gasteiger partial charge in [0.15, 0.2) is 11.6 Å². The molecule has 1 aromatic heterocycles. The summed E-state index contributed by atoms with van der Waals surface area (Å²) in [7, 11) is 0. The molecule has 49 heavy (non-hydrogen) atoms. The van der Waals surface area contributed by atoms with E-state index < -0.39 is 0 Å². The van der Waals surface area contributed by atoms with Gasteiger partial charge in [-0.3, -0.25) is 9.59 Å². The number of fused-ring (bicyclic) bond motifs is 3. The first-order valence-electron chi connectivity index (χ1n) is 19.5. The topological polar surface area (TPSA) is 76.0 Å². The summed E-state index contributed by atoms with van der Waals surface area (Å²) in [4.78, 5) is 30.1. The Labute approximate surface area is 295 Å². The molecule has 0 fully saturated rings. The fraction of sp³-hybridized carbons (Fsp3) is 0.511. The first-order chi connectivity index (χ1) is 23.9. The minimum atomic E-state index is 0.0338. The van der Waals surface area contributed by atoms with E-state index in [0.29, 0.717) is 24.0 Å². The lowest BCUT2D eigenvalue weighted by Gasteiger charge is -2.23.